The molecule has 14 heteroatoms. The fraction of sp³-hybridized carbons (Fsp3) is 0.975. The first kappa shape index (κ1) is 52.8. The number of carbonyl (C=O) groups is 1. The highest BCUT2D eigenvalue weighted by Crippen LogP contribution is 2.11. The molecule has 0 bridgehead atoms. The minimum absolute atomic E-state index is 0.385. The summed E-state index contributed by atoms with van der Waals surface area (Å²) in [6, 6.07) is 0. The fourth-order valence-corrected chi connectivity index (χ4v) is 4.71. The molecule has 54 heavy (non-hydrogen) atoms. The van der Waals surface area contributed by atoms with E-state index < -0.39 is 11.7 Å². The molecule has 0 aromatic rings. The maximum atomic E-state index is 11.5. The van der Waals surface area contributed by atoms with E-state index in [-0.39, 0.29) is 0 Å². The minimum atomic E-state index is -0.511. The summed E-state index contributed by atoms with van der Waals surface area (Å²) in [5.41, 5.74) is -0.511. The highest BCUT2D eigenvalue weighted by atomic mass is 16.6. The summed E-state index contributed by atoms with van der Waals surface area (Å²) in [6.45, 7) is 19.7. The zero-order valence-corrected chi connectivity index (χ0v) is 34.8. The number of hydrogen-bond donors (Lipinski definition) is 1. The molecule has 1 N–H and O–H groups in total. The van der Waals surface area contributed by atoms with E-state index in [1.807, 2.05) is 20.8 Å². The Bertz CT molecular complexity index is 730. The van der Waals surface area contributed by atoms with Gasteiger partial charge in [0.05, 0.1) is 139 Å². The monoisotopic (exact) mass is 784 g/mol. The molecule has 0 aliphatic carbocycles. The Kier molecular flexibility index (Phi) is 43.6. The quantitative estimate of drug-likeness (QED) is 0.0723. The summed E-state index contributed by atoms with van der Waals surface area (Å²) in [5, 5.41) is 2.63. The molecule has 0 fully saturated rings. The van der Waals surface area contributed by atoms with E-state index >= 15 is 0 Å². The van der Waals surface area contributed by atoms with Crippen molar-refractivity contribution in [3.05, 3.63) is 0 Å². The third-order valence-electron chi connectivity index (χ3n) is 7.53. The van der Waals surface area contributed by atoms with Crippen molar-refractivity contribution in [3.8, 4) is 0 Å². The molecule has 0 aliphatic rings. The highest BCUT2D eigenvalue weighted by Gasteiger charge is 2.15. The first-order valence-electron chi connectivity index (χ1n) is 20.8. The zero-order valence-electron chi connectivity index (χ0n) is 34.8. The van der Waals surface area contributed by atoms with Gasteiger partial charge in [-0.25, -0.2) is 4.79 Å². The number of rotatable bonds is 45. The number of nitrogens with one attached hydrogen (secondary N) is 1. The Morgan fingerprint density at radius 1 is 0.352 bits per heavy atom. The van der Waals surface area contributed by atoms with Crippen LogP contribution >= 0.6 is 0 Å². The van der Waals surface area contributed by atoms with Crippen molar-refractivity contribution < 1.29 is 61.6 Å². The van der Waals surface area contributed by atoms with E-state index in [2.05, 4.69) is 12.2 Å². The molecule has 324 valence electrons. The molecule has 0 saturated carbocycles. The zero-order chi connectivity index (χ0) is 39.3. The van der Waals surface area contributed by atoms with Gasteiger partial charge >= 0.3 is 6.09 Å². The molecule has 0 unspecified atom stereocenters. The molecule has 0 aromatic carbocycles. The van der Waals surface area contributed by atoms with Crippen LogP contribution in [-0.4, -0.2) is 164 Å². The van der Waals surface area contributed by atoms with Gasteiger partial charge in [0.15, 0.2) is 0 Å². The third kappa shape index (κ3) is 48.8. The Hall–Kier alpha value is -1.17. The van der Waals surface area contributed by atoms with Gasteiger partial charge in [-0.15, -0.1) is 0 Å². The van der Waals surface area contributed by atoms with Gasteiger partial charge in [0.1, 0.15) is 5.60 Å². The van der Waals surface area contributed by atoms with Crippen molar-refractivity contribution in [1.82, 2.24) is 5.32 Å². The topological polar surface area (TPSA) is 140 Å². The number of carbonyl (C=O) groups excluding carboxylic acids is 1. The number of alkyl carbamates (subject to hydrolysis) is 1. The average Bonchev–Trinajstić information content (AvgIpc) is 3.14. The lowest BCUT2D eigenvalue weighted by Crippen LogP contribution is -2.34. The van der Waals surface area contributed by atoms with Crippen molar-refractivity contribution >= 4 is 6.09 Å². The molecule has 0 spiro atoms. The number of hydrogen-bond acceptors (Lipinski definition) is 13. The second-order valence-electron chi connectivity index (χ2n) is 13.7. The first-order valence-corrected chi connectivity index (χ1v) is 20.8. The molecule has 0 aliphatic heterocycles. The van der Waals surface area contributed by atoms with E-state index in [1.54, 1.807) is 0 Å². The van der Waals surface area contributed by atoms with E-state index in [0.717, 1.165) is 13.0 Å². The Morgan fingerprint density at radius 3 is 0.870 bits per heavy atom. The molecule has 1 amide bonds. The maximum Gasteiger partial charge on any atom is 0.407 e. The molecule has 0 rings (SSSR count). The lowest BCUT2D eigenvalue weighted by molar-refractivity contribution is -0.0275. The van der Waals surface area contributed by atoms with E-state index in [1.165, 1.54) is 64.2 Å². The molecular formula is C40H81NO13. The van der Waals surface area contributed by atoms with Crippen molar-refractivity contribution in [3.63, 3.8) is 0 Å². The minimum Gasteiger partial charge on any atom is -0.444 e. The van der Waals surface area contributed by atoms with Crippen molar-refractivity contribution in [1.29, 1.82) is 0 Å². The molecule has 14 nitrogen and oxygen atoms in total. The molecule has 0 atom stereocenters. The van der Waals surface area contributed by atoms with Gasteiger partial charge in [0, 0.05) is 13.2 Å². The Labute approximate surface area is 328 Å². The fourth-order valence-electron chi connectivity index (χ4n) is 4.71. The standard InChI is InChI=1S/C40H81NO13/c1-5-6-7-8-9-10-11-12-13-14-15-17-43-19-21-45-23-25-47-27-29-49-31-33-51-35-37-53-38-36-52-34-32-50-30-28-48-26-24-46-22-20-44-18-16-41-39(42)54-40(2,3)4/h5-38H2,1-4H3,(H,41,42). The Balaban J connectivity index is 3.09. The van der Waals surface area contributed by atoms with Crippen molar-refractivity contribution in [2.45, 2.75) is 104 Å². The third-order valence-corrected chi connectivity index (χ3v) is 7.53. The van der Waals surface area contributed by atoms with Crippen LogP contribution < -0.4 is 5.32 Å². The van der Waals surface area contributed by atoms with Crippen LogP contribution in [0.25, 0.3) is 0 Å². The molecule has 0 aromatic heterocycles. The normalized spacial score (nSPS) is 11.8. The highest BCUT2D eigenvalue weighted by molar-refractivity contribution is 5.67. The SMILES string of the molecule is CCCCCCCCCCCCCOCCOCCOCCOCCOCCOCCOCCOCCOCCOCCOCCNC(=O)OC(C)(C)C. The van der Waals surface area contributed by atoms with Crippen LogP contribution in [0.1, 0.15) is 98.3 Å². The second-order valence-corrected chi connectivity index (χ2v) is 13.7. The largest absolute Gasteiger partial charge is 0.444 e. The number of unbranched alkanes of at least 4 members (excludes halogenated alkanes) is 10. The van der Waals surface area contributed by atoms with E-state index in [0.29, 0.717) is 145 Å². The number of ether oxygens (including phenoxy) is 12. The summed E-state index contributed by atoms with van der Waals surface area (Å²) >= 11 is 0. The number of amides is 1. The van der Waals surface area contributed by atoms with Crippen LogP contribution in [0.15, 0.2) is 0 Å². The van der Waals surface area contributed by atoms with E-state index in [9.17, 15) is 4.79 Å². The van der Waals surface area contributed by atoms with Gasteiger partial charge in [-0.2, -0.15) is 0 Å². The summed E-state index contributed by atoms with van der Waals surface area (Å²) < 4.78 is 65.7. The van der Waals surface area contributed by atoms with Crippen LogP contribution in [0, 0.1) is 0 Å². The van der Waals surface area contributed by atoms with E-state index in [4.69, 9.17) is 56.8 Å². The lowest BCUT2D eigenvalue weighted by Gasteiger charge is -2.19. The van der Waals surface area contributed by atoms with Crippen LogP contribution in [0.5, 0.6) is 0 Å². The van der Waals surface area contributed by atoms with Crippen LogP contribution in [0.2, 0.25) is 0 Å². The first-order chi connectivity index (χ1) is 26.5. The predicted molar refractivity (Wildman–Crippen MR) is 210 cm³/mol. The van der Waals surface area contributed by atoms with Crippen molar-refractivity contribution in [2.24, 2.45) is 0 Å². The predicted octanol–water partition coefficient (Wildman–Crippen LogP) is 6.00. The lowest BCUT2D eigenvalue weighted by atomic mass is 10.1. The summed E-state index contributed by atoms with van der Waals surface area (Å²) in [6.07, 6.45) is 14.4. The van der Waals surface area contributed by atoms with Gasteiger partial charge in [0.2, 0.25) is 0 Å². The maximum absolute atomic E-state index is 11.5. The molecular weight excluding hydrogens is 702 g/mol. The summed E-state index contributed by atoms with van der Waals surface area (Å²) in [4.78, 5) is 11.5. The Morgan fingerprint density at radius 2 is 0.593 bits per heavy atom. The van der Waals surface area contributed by atoms with Crippen LogP contribution in [0.3, 0.4) is 0 Å². The molecule has 0 radical (unpaired) electrons. The summed E-state index contributed by atoms with van der Waals surface area (Å²) in [7, 11) is 0. The van der Waals surface area contributed by atoms with Crippen molar-refractivity contribution in [2.75, 3.05) is 152 Å². The van der Waals surface area contributed by atoms with Gasteiger partial charge in [-0.05, 0) is 27.2 Å². The second kappa shape index (κ2) is 44.5. The van der Waals surface area contributed by atoms with Gasteiger partial charge in [-0.3, -0.25) is 0 Å². The van der Waals surface area contributed by atoms with Gasteiger partial charge < -0.3 is 62.2 Å². The average molecular weight is 784 g/mol. The molecule has 0 saturated heterocycles. The van der Waals surface area contributed by atoms with Crippen LogP contribution in [-0.2, 0) is 56.8 Å². The van der Waals surface area contributed by atoms with Gasteiger partial charge in [0.25, 0.3) is 0 Å². The van der Waals surface area contributed by atoms with Crippen LogP contribution in [0.4, 0.5) is 4.79 Å². The smallest absolute Gasteiger partial charge is 0.407 e. The summed E-state index contributed by atoms with van der Waals surface area (Å²) in [5.74, 6) is 0. The van der Waals surface area contributed by atoms with Gasteiger partial charge in [-0.1, -0.05) is 71.1 Å². The molecule has 0 heterocycles.